The molecule has 146 valence electrons. The van der Waals surface area contributed by atoms with Gasteiger partial charge in [0, 0.05) is 0 Å². The number of esters is 1. The maximum atomic E-state index is 12.8. The molecule has 1 aromatic heterocycles. The van der Waals surface area contributed by atoms with Crippen molar-refractivity contribution >= 4 is 27.8 Å². The number of nitrogens with zero attached hydrogens (tertiary/aromatic N) is 1. The quantitative estimate of drug-likeness (QED) is 0.630. The summed E-state index contributed by atoms with van der Waals surface area (Å²) >= 11 is 3.45. The Morgan fingerprint density at radius 2 is 1.81 bits per heavy atom. The molecule has 0 radical (unpaired) electrons. The first-order valence-electron chi connectivity index (χ1n) is 8.99. The lowest BCUT2D eigenvalue weighted by atomic mass is 10.0. The Morgan fingerprint density at radius 1 is 1.19 bits per heavy atom. The van der Waals surface area contributed by atoms with Gasteiger partial charge in [-0.15, -0.1) is 0 Å². The number of aromatic nitrogens is 2. The van der Waals surface area contributed by atoms with Crippen molar-refractivity contribution < 1.29 is 14.3 Å². The van der Waals surface area contributed by atoms with Crippen molar-refractivity contribution in [2.75, 3.05) is 0 Å². The number of nitrogens with one attached hydrogen (secondary N) is 2. The van der Waals surface area contributed by atoms with Crippen molar-refractivity contribution in [2.24, 2.45) is 0 Å². The van der Waals surface area contributed by atoms with Crippen LogP contribution in [0.15, 0.2) is 28.7 Å². The lowest BCUT2D eigenvalue weighted by molar-refractivity contribution is -0.147. The van der Waals surface area contributed by atoms with Gasteiger partial charge >= 0.3 is 5.97 Å². The number of benzene rings is 1. The molecule has 1 aromatic carbocycles. The molecule has 1 heterocycles. The minimum atomic E-state index is -0.504. The molecule has 2 N–H and O–H groups in total. The Morgan fingerprint density at radius 3 is 2.33 bits per heavy atom. The molecule has 0 aliphatic carbocycles. The highest BCUT2D eigenvalue weighted by Crippen LogP contribution is 2.26. The lowest BCUT2D eigenvalue weighted by Crippen LogP contribution is -2.31. The van der Waals surface area contributed by atoms with E-state index in [4.69, 9.17) is 4.74 Å². The Balaban J connectivity index is 2.24. The first-order valence-corrected chi connectivity index (χ1v) is 9.79. The highest BCUT2D eigenvalue weighted by Gasteiger charge is 2.24. The van der Waals surface area contributed by atoms with Crippen LogP contribution < -0.4 is 5.32 Å². The van der Waals surface area contributed by atoms with Gasteiger partial charge in [-0.1, -0.05) is 43.7 Å². The van der Waals surface area contributed by atoms with Crippen LogP contribution in [-0.4, -0.2) is 28.2 Å². The van der Waals surface area contributed by atoms with Gasteiger partial charge in [-0.3, -0.25) is 14.7 Å². The first-order chi connectivity index (χ1) is 12.7. The van der Waals surface area contributed by atoms with Crippen LogP contribution in [0.5, 0.6) is 0 Å². The molecule has 0 fully saturated rings. The van der Waals surface area contributed by atoms with E-state index >= 15 is 0 Å². The van der Waals surface area contributed by atoms with Crippen LogP contribution in [0.2, 0.25) is 0 Å². The minimum Gasteiger partial charge on any atom is -0.463 e. The third-order valence-corrected chi connectivity index (χ3v) is 4.85. The number of aromatic amines is 1. The average molecular weight is 436 g/mol. The van der Waals surface area contributed by atoms with Gasteiger partial charge < -0.3 is 10.1 Å². The fourth-order valence-corrected chi connectivity index (χ4v) is 3.45. The van der Waals surface area contributed by atoms with E-state index in [1.165, 1.54) is 0 Å². The summed E-state index contributed by atoms with van der Waals surface area (Å²) in [5, 5.41) is 9.93. The van der Waals surface area contributed by atoms with Crippen LogP contribution >= 0.6 is 15.9 Å². The maximum absolute atomic E-state index is 12.8. The monoisotopic (exact) mass is 435 g/mol. The number of hydrogen-bond donors (Lipinski definition) is 2. The molecule has 0 saturated carbocycles. The van der Waals surface area contributed by atoms with Crippen molar-refractivity contribution in [3.63, 3.8) is 0 Å². The van der Waals surface area contributed by atoms with Crippen LogP contribution in [0.25, 0.3) is 0 Å². The van der Waals surface area contributed by atoms with Gasteiger partial charge in [-0.2, -0.15) is 5.10 Å². The second-order valence-electron chi connectivity index (χ2n) is 7.13. The van der Waals surface area contributed by atoms with E-state index in [0.29, 0.717) is 4.47 Å². The molecule has 27 heavy (non-hydrogen) atoms. The summed E-state index contributed by atoms with van der Waals surface area (Å²) < 4.78 is 5.89. The van der Waals surface area contributed by atoms with Crippen LogP contribution in [0, 0.1) is 6.92 Å². The number of rotatable bonds is 7. The van der Waals surface area contributed by atoms with Gasteiger partial charge in [-0.25, -0.2) is 0 Å². The Hall–Kier alpha value is -2.15. The predicted octanol–water partition coefficient (Wildman–Crippen LogP) is 4.42. The van der Waals surface area contributed by atoms with Gasteiger partial charge in [0.25, 0.3) is 5.91 Å². The first kappa shape index (κ1) is 21.2. The molecule has 2 rings (SSSR count). The molecule has 1 amide bonds. The summed E-state index contributed by atoms with van der Waals surface area (Å²) in [5.41, 5.74) is 3.06. The molecular formula is C20H26BrN3O3. The van der Waals surface area contributed by atoms with Crippen molar-refractivity contribution in [1.82, 2.24) is 15.5 Å². The van der Waals surface area contributed by atoms with Crippen LogP contribution in [0.3, 0.4) is 0 Å². The fraction of sp³-hybridized carbons (Fsp3) is 0.450. The SMILES string of the molecule is Cc1ccc(C(CC(=O)OC(C)C)NC(=O)c2n[nH]c(C(C)C)c2Br)cc1. The maximum Gasteiger partial charge on any atom is 0.308 e. The van der Waals surface area contributed by atoms with Crippen molar-refractivity contribution in [3.8, 4) is 0 Å². The van der Waals surface area contributed by atoms with Crippen molar-refractivity contribution in [2.45, 2.75) is 59.1 Å². The summed E-state index contributed by atoms with van der Waals surface area (Å²) in [6, 6.07) is 7.20. The second kappa shape index (κ2) is 9.17. The third kappa shape index (κ3) is 5.66. The Bertz CT molecular complexity index is 797. The van der Waals surface area contributed by atoms with Crippen molar-refractivity contribution in [3.05, 3.63) is 51.3 Å². The molecule has 7 heteroatoms. The third-order valence-electron chi connectivity index (χ3n) is 4.05. The van der Waals surface area contributed by atoms with E-state index in [9.17, 15) is 9.59 Å². The number of halogens is 1. The van der Waals surface area contributed by atoms with Crippen LogP contribution in [-0.2, 0) is 9.53 Å². The van der Waals surface area contributed by atoms with E-state index in [-0.39, 0.29) is 36.0 Å². The summed E-state index contributed by atoms with van der Waals surface area (Å²) in [7, 11) is 0. The van der Waals surface area contributed by atoms with E-state index in [1.54, 1.807) is 13.8 Å². The molecule has 6 nitrogen and oxygen atoms in total. The average Bonchev–Trinajstić information content (AvgIpc) is 2.96. The molecule has 0 aliphatic heterocycles. The topological polar surface area (TPSA) is 84.1 Å². The molecule has 2 aromatic rings. The molecule has 0 bridgehead atoms. The summed E-state index contributed by atoms with van der Waals surface area (Å²) in [4.78, 5) is 25.0. The Labute approximate surface area is 168 Å². The predicted molar refractivity (Wildman–Crippen MR) is 108 cm³/mol. The van der Waals surface area contributed by atoms with Gasteiger partial charge in [-0.05, 0) is 48.2 Å². The van der Waals surface area contributed by atoms with Gasteiger partial charge in [0.15, 0.2) is 5.69 Å². The normalized spacial score (nSPS) is 12.3. The summed E-state index contributed by atoms with van der Waals surface area (Å²) in [6.07, 6.45) is -0.160. The fourth-order valence-electron chi connectivity index (χ4n) is 2.63. The number of aryl methyl sites for hydroxylation is 1. The number of hydrogen-bond acceptors (Lipinski definition) is 4. The van der Waals surface area contributed by atoms with Crippen molar-refractivity contribution in [1.29, 1.82) is 0 Å². The van der Waals surface area contributed by atoms with Gasteiger partial charge in [0.05, 0.1) is 28.7 Å². The highest BCUT2D eigenvalue weighted by atomic mass is 79.9. The number of ether oxygens (including phenoxy) is 1. The largest absolute Gasteiger partial charge is 0.463 e. The van der Waals surface area contributed by atoms with Gasteiger partial charge in [0.1, 0.15) is 0 Å². The molecule has 1 atom stereocenters. The number of H-pyrrole nitrogens is 1. The zero-order valence-electron chi connectivity index (χ0n) is 16.3. The molecular weight excluding hydrogens is 410 g/mol. The second-order valence-corrected chi connectivity index (χ2v) is 7.93. The van der Waals surface area contributed by atoms with E-state index in [1.807, 2.05) is 45.0 Å². The molecule has 1 unspecified atom stereocenters. The number of amides is 1. The van der Waals surface area contributed by atoms with E-state index in [0.717, 1.165) is 16.8 Å². The number of carbonyl (C=O) groups excluding carboxylic acids is 2. The highest BCUT2D eigenvalue weighted by molar-refractivity contribution is 9.10. The van der Waals surface area contributed by atoms with Gasteiger partial charge in [0.2, 0.25) is 0 Å². The smallest absolute Gasteiger partial charge is 0.308 e. The summed E-state index contributed by atoms with van der Waals surface area (Å²) in [6.45, 7) is 9.60. The Kier molecular flexibility index (Phi) is 7.18. The molecule has 0 spiro atoms. The van der Waals surface area contributed by atoms with Crippen LogP contribution in [0.1, 0.15) is 73.4 Å². The molecule has 0 aliphatic rings. The standard InChI is InChI=1S/C20H26BrN3O3/c1-11(2)18-17(21)19(24-23-18)20(26)22-15(10-16(25)27-12(3)4)14-8-6-13(5)7-9-14/h6-9,11-12,15H,10H2,1-5H3,(H,22,26)(H,23,24). The minimum absolute atomic E-state index is 0.0477. The van der Waals surface area contributed by atoms with Crippen LogP contribution in [0.4, 0.5) is 0 Å². The zero-order valence-corrected chi connectivity index (χ0v) is 17.9. The lowest BCUT2D eigenvalue weighted by Gasteiger charge is -2.19. The zero-order chi connectivity index (χ0) is 20.1. The summed E-state index contributed by atoms with van der Waals surface area (Å²) in [5.74, 6) is -0.518. The number of carbonyl (C=O) groups is 2. The van der Waals surface area contributed by atoms with E-state index in [2.05, 4.69) is 31.4 Å². The van der Waals surface area contributed by atoms with E-state index < -0.39 is 6.04 Å². The molecule has 0 saturated heterocycles.